The Morgan fingerprint density at radius 2 is 1.76 bits per heavy atom. The Bertz CT molecular complexity index is 921. The first kappa shape index (κ1) is 22.4. The fourth-order valence-electron chi connectivity index (χ4n) is 2.76. The number of guanidine groups is 1. The molecule has 2 aromatic carbocycles. The molecule has 4 N–H and O–H groups in total. The fraction of sp³-hybridized carbons (Fsp3) is 0.190. The largest absolute Gasteiger partial charge is 0.366 e. The molecule has 1 aromatic heterocycles. The predicted octanol–water partition coefficient (Wildman–Crippen LogP) is 2.50. The van der Waals surface area contributed by atoms with E-state index in [1.165, 1.54) is 5.56 Å². The number of rotatable bonds is 7. The number of hydrogen-bond acceptors (Lipinski definition) is 3. The standard InChI is InChI=1S/C21H24N6O.HI/c1-23-21(25-15-17-3-7-18(8-4-17)20(22)28)24-13-11-16-5-9-19(10-6-16)27-14-2-12-26-27;/h2-10,12,14H,11,13,15H2,1H3,(H2,22,28)(H2,23,24,25);1H. The molecule has 0 spiro atoms. The van der Waals surface area contributed by atoms with E-state index in [4.69, 9.17) is 5.73 Å². The summed E-state index contributed by atoms with van der Waals surface area (Å²) in [6, 6.07) is 17.4. The van der Waals surface area contributed by atoms with E-state index in [0.717, 1.165) is 30.2 Å². The molecule has 0 bridgehead atoms. The van der Waals surface area contributed by atoms with Crippen LogP contribution in [0.25, 0.3) is 5.69 Å². The second-order valence-electron chi connectivity index (χ2n) is 6.28. The van der Waals surface area contributed by atoms with Crippen molar-refractivity contribution in [1.82, 2.24) is 20.4 Å². The van der Waals surface area contributed by atoms with Gasteiger partial charge in [-0.25, -0.2) is 4.68 Å². The smallest absolute Gasteiger partial charge is 0.248 e. The summed E-state index contributed by atoms with van der Waals surface area (Å²) < 4.78 is 1.84. The maximum Gasteiger partial charge on any atom is 0.248 e. The summed E-state index contributed by atoms with van der Waals surface area (Å²) in [5, 5.41) is 10.8. The van der Waals surface area contributed by atoms with E-state index in [9.17, 15) is 4.79 Å². The van der Waals surface area contributed by atoms with Crippen LogP contribution in [0.15, 0.2) is 72.0 Å². The zero-order valence-corrected chi connectivity index (χ0v) is 18.5. The molecule has 7 nitrogen and oxygen atoms in total. The van der Waals surface area contributed by atoms with Crippen LogP contribution in [0, 0.1) is 0 Å². The number of aliphatic imine (C=N–C) groups is 1. The monoisotopic (exact) mass is 504 g/mol. The van der Waals surface area contributed by atoms with Crippen molar-refractivity contribution in [3.63, 3.8) is 0 Å². The summed E-state index contributed by atoms with van der Waals surface area (Å²) in [4.78, 5) is 15.3. The molecule has 0 saturated heterocycles. The van der Waals surface area contributed by atoms with Crippen molar-refractivity contribution in [2.45, 2.75) is 13.0 Å². The second-order valence-corrected chi connectivity index (χ2v) is 6.28. The SMILES string of the molecule is CN=C(NCCc1ccc(-n2cccn2)cc1)NCc1ccc(C(N)=O)cc1.I. The van der Waals surface area contributed by atoms with Gasteiger partial charge in [0.2, 0.25) is 5.91 Å². The number of nitrogens with two attached hydrogens (primary N) is 1. The average Bonchev–Trinajstić information content (AvgIpc) is 3.26. The number of benzene rings is 2. The van der Waals surface area contributed by atoms with Crippen molar-refractivity contribution in [2.24, 2.45) is 10.7 Å². The normalized spacial score (nSPS) is 10.9. The van der Waals surface area contributed by atoms with Crippen molar-refractivity contribution >= 4 is 35.8 Å². The third-order valence-electron chi connectivity index (χ3n) is 4.33. The predicted molar refractivity (Wildman–Crippen MR) is 126 cm³/mol. The molecule has 0 aliphatic heterocycles. The van der Waals surface area contributed by atoms with Gasteiger partial charge in [-0.3, -0.25) is 9.79 Å². The molecule has 0 atom stereocenters. The molecule has 0 unspecified atom stereocenters. The number of primary amides is 1. The van der Waals surface area contributed by atoms with E-state index < -0.39 is 5.91 Å². The molecule has 0 saturated carbocycles. The van der Waals surface area contributed by atoms with Crippen LogP contribution in [-0.4, -0.2) is 35.2 Å². The van der Waals surface area contributed by atoms with Crippen LogP contribution in [0.5, 0.6) is 0 Å². The molecule has 0 fully saturated rings. The van der Waals surface area contributed by atoms with E-state index in [0.29, 0.717) is 12.1 Å². The van der Waals surface area contributed by atoms with Gasteiger partial charge >= 0.3 is 0 Å². The lowest BCUT2D eigenvalue weighted by Crippen LogP contribution is -2.37. The summed E-state index contributed by atoms with van der Waals surface area (Å²) in [6.07, 6.45) is 4.57. The molecule has 1 heterocycles. The summed E-state index contributed by atoms with van der Waals surface area (Å²) in [7, 11) is 1.74. The van der Waals surface area contributed by atoms with E-state index in [1.54, 1.807) is 25.4 Å². The highest BCUT2D eigenvalue weighted by Crippen LogP contribution is 2.09. The number of amides is 1. The van der Waals surface area contributed by atoms with Gasteiger partial charge in [-0.1, -0.05) is 24.3 Å². The van der Waals surface area contributed by atoms with Gasteiger partial charge in [-0.15, -0.1) is 24.0 Å². The quantitative estimate of drug-likeness (QED) is 0.262. The molecule has 8 heteroatoms. The van der Waals surface area contributed by atoms with Crippen molar-refractivity contribution in [1.29, 1.82) is 0 Å². The number of aromatic nitrogens is 2. The molecule has 3 aromatic rings. The average molecular weight is 504 g/mol. The first-order valence-corrected chi connectivity index (χ1v) is 9.08. The Labute approximate surface area is 187 Å². The second kappa shape index (κ2) is 11.2. The van der Waals surface area contributed by atoms with Gasteiger partial charge in [0.25, 0.3) is 0 Å². The molecular weight excluding hydrogens is 479 g/mol. The van der Waals surface area contributed by atoms with Gasteiger partial charge in [0.05, 0.1) is 5.69 Å². The Kier molecular flexibility index (Phi) is 8.66. The Morgan fingerprint density at radius 3 is 2.34 bits per heavy atom. The molecule has 0 radical (unpaired) electrons. The molecule has 0 aliphatic rings. The number of nitrogens with zero attached hydrogens (tertiary/aromatic N) is 3. The maximum atomic E-state index is 11.1. The van der Waals surface area contributed by atoms with E-state index in [-0.39, 0.29) is 24.0 Å². The minimum absolute atomic E-state index is 0. The Morgan fingerprint density at radius 1 is 1.07 bits per heavy atom. The number of carbonyl (C=O) groups is 1. The first-order chi connectivity index (χ1) is 13.7. The number of carbonyl (C=O) groups excluding carboxylic acids is 1. The van der Waals surface area contributed by atoms with Crippen LogP contribution in [0.4, 0.5) is 0 Å². The highest BCUT2D eigenvalue weighted by Gasteiger charge is 2.02. The van der Waals surface area contributed by atoms with Crippen molar-refractivity contribution in [3.05, 3.63) is 83.7 Å². The highest BCUT2D eigenvalue weighted by molar-refractivity contribution is 14.0. The number of nitrogens with one attached hydrogen (secondary N) is 2. The first-order valence-electron chi connectivity index (χ1n) is 9.08. The topological polar surface area (TPSA) is 97.3 Å². The summed E-state index contributed by atoms with van der Waals surface area (Å²) in [5.74, 6) is 0.307. The third-order valence-corrected chi connectivity index (χ3v) is 4.33. The van der Waals surface area contributed by atoms with Gasteiger partial charge < -0.3 is 16.4 Å². The Hall–Kier alpha value is -2.88. The molecule has 29 heavy (non-hydrogen) atoms. The van der Waals surface area contributed by atoms with Crippen molar-refractivity contribution < 1.29 is 4.79 Å². The van der Waals surface area contributed by atoms with E-state index >= 15 is 0 Å². The molecule has 1 amide bonds. The van der Waals surface area contributed by atoms with Crippen LogP contribution in [0.1, 0.15) is 21.5 Å². The summed E-state index contributed by atoms with van der Waals surface area (Å²) in [6.45, 7) is 1.37. The van der Waals surface area contributed by atoms with E-state index in [2.05, 4.69) is 45.0 Å². The van der Waals surface area contributed by atoms with Crippen molar-refractivity contribution in [3.8, 4) is 5.69 Å². The van der Waals surface area contributed by atoms with Gasteiger partial charge in [0, 0.05) is 38.1 Å². The van der Waals surface area contributed by atoms with Gasteiger partial charge in [0.15, 0.2) is 5.96 Å². The lowest BCUT2D eigenvalue weighted by Gasteiger charge is -2.12. The highest BCUT2D eigenvalue weighted by atomic mass is 127. The third kappa shape index (κ3) is 6.60. The zero-order chi connectivity index (χ0) is 19.8. The minimum Gasteiger partial charge on any atom is -0.366 e. The van der Waals surface area contributed by atoms with Crippen LogP contribution < -0.4 is 16.4 Å². The lowest BCUT2D eigenvalue weighted by atomic mass is 10.1. The van der Waals surface area contributed by atoms with Crippen LogP contribution >= 0.6 is 24.0 Å². The number of hydrogen-bond donors (Lipinski definition) is 3. The minimum atomic E-state index is -0.422. The zero-order valence-electron chi connectivity index (χ0n) is 16.2. The van der Waals surface area contributed by atoms with Crippen LogP contribution in [-0.2, 0) is 13.0 Å². The molecular formula is C21H25IN6O. The summed E-state index contributed by atoms with van der Waals surface area (Å²) in [5.41, 5.74) is 9.08. The molecule has 3 rings (SSSR count). The molecule has 0 aliphatic carbocycles. The maximum absolute atomic E-state index is 11.1. The molecule has 152 valence electrons. The fourth-order valence-corrected chi connectivity index (χ4v) is 2.76. The van der Waals surface area contributed by atoms with Gasteiger partial charge in [0.1, 0.15) is 0 Å². The number of halogens is 1. The van der Waals surface area contributed by atoms with E-state index in [1.807, 2.05) is 29.1 Å². The van der Waals surface area contributed by atoms with Gasteiger partial charge in [-0.05, 0) is 47.9 Å². The van der Waals surface area contributed by atoms with Crippen molar-refractivity contribution in [2.75, 3.05) is 13.6 Å². The Balaban J connectivity index is 0.00000300. The van der Waals surface area contributed by atoms with Crippen LogP contribution in [0.2, 0.25) is 0 Å². The van der Waals surface area contributed by atoms with Gasteiger partial charge in [-0.2, -0.15) is 5.10 Å². The van der Waals surface area contributed by atoms with Crippen LogP contribution in [0.3, 0.4) is 0 Å². The lowest BCUT2D eigenvalue weighted by molar-refractivity contribution is 0.100. The summed E-state index contributed by atoms with van der Waals surface area (Å²) >= 11 is 0.